The zero-order valence-electron chi connectivity index (χ0n) is 7.17. The summed E-state index contributed by atoms with van der Waals surface area (Å²) < 4.78 is 0. The van der Waals surface area contributed by atoms with Gasteiger partial charge in [-0.25, -0.2) is 4.79 Å². The van der Waals surface area contributed by atoms with Crippen molar-refractivity contribution >= 4 is 23.3 Å². The molecule has 0 spiro atoms. The van der Waals surface area contributed by atoms with Gasteiger partial charge >= 0.3 is 5.97 Å². The van der Waals surface area contributed by atoms with E-state index in [4.69, 9.17) is 22.4 Å². The van der Waals surface area contributed by atoms with Crippen molar-refractivity contribution in [1.82, 2.24) is 0 Å². The summed E-state index contributed by atoms with van der Waals surface area (Å²) in [5.41, 5.74) is 6.58. The van der Waals surface area contributed by atoms with Crippen LogP contribution >= 0.6 is 11.6 Å². The molecule has 0 bridgehead atoms. The Hall–Kier alpha value is -1.22. The number of nitrogen functional groups attached to an aromatic ring is 1. The van der Waals surface area contributed by atoms with Crippen LogP contribution in [0.15, 0.2) is 12.1 Å². The van der Waals surface area contributed by atoms with Gasteiger partial charge in [-0.2, -0.15) is 0 Å². The van der Waals surface area contributed by atoms with Crippen LogP contribution in [0.3, 0.4) is 0 Å². The Balaban J connectivity index is 3.38. The maximum atomic E-state index is 10.8. The lowest BCUT2D eigenvalue weighted by Crippen LogP contribution is -2.06. The molecule has 1 aromatic carbocycles. The van der Waals surface area contributed by atoms with E-state index in [1.807, 2.05) is 6.92 Å². The van der Waals surface area contributed by atoms with Crippen molar-refractivity contribution in [3.05, 3.63) is 28.3 Å². The standard InChI is InChI=1S/C9H10ClNO2/c1-2-5-3-6(10)4-7(11)8(5)9(12)13/h3-4H,2,11H2,1H3,(H,12,13). The van der Waals surface area contributed by atoms with E-state index in [0.29, 0.717) is 17.0 Å². The van der Waals surface area contributed by atoms with Crippen molar-refractivity contribution in [2.45, 2.75) is 13.3 Å². The minimum absolute atomic E-state index is 0.159. The molecule has 0 aliphatic heterocycles. The van der Waals surface area contributed by atoms with Crippen molar-refractivity contribution in [2.24, 2.45) is 0 Å². The van der Waals surface area contributed by atoms with Gasteiger partial charge in [0.25, 0.3) is 0 Å². The lowest BCUT2D eigenvalue weighted by Gasteiger charge is -2.07. The van der Waals surface area contributed by atoms with Crippen LogP contribution in [0.5, 0.6) is 0 Å². The minimum atomic E-state index is -1.01. The van der Waals surface area contributed by atoms with Crippen LogP contribution in [-0.4, -0.2) is 11.1 Å². The van der Waals surface area contributed by atoms with Crippen LogP contribution in [0.1, 0.15) is 22.8 Å². The zero-order valence-corrected chi connectivity index (χ0v) is 7.93. The van der Waals surface area contributed by atoms with E-state index in [1.165, 1.54) is 6.07 Å². The second kappa shape index (κ2) is 3.66. The number of aromatic carboxylic acids is 1. The summed E-state index contributed by atoms with van der Waals surface area (Å²) in [7, 11) is 0. The van der Waals surface area contributed by atoms with Gasteiger partial charge in [0.15, 0.2) is 0 Å². The summed E-state index contributed by atoms with van der Waals surface area (Å²) in [5.74, 6) is -1.01. The Labute approximate surface area is 81.1 Å². The van der Waals surface area contributed by atoms with Crippen LogP contribution in [0, 0.1) is 0 Å². The van der Waals surface area contributed by atoms with Gasteiger partial charge in [-0.3, -0.25) is 0 Å². The number of carboxylic acid groups (broad SMARTS) is 1. The first kappa shape index (κ1) is 9.86. The molecule has 3 N–H and O–H groups in total. The van der Waals surface area contributed by atoms with Crippen molar-refractivity contribution in [3.8, 4) is 0 Å². The molecule has 0 fully saturated rings. The molecule has 0 unspecified atom stereocenters. The maximum absolute atomic E-state index is 10.8. The Morgan fingerprint density at radius 3 is 2.69 bits per heavy atom. The first-order valence-corrected chi connectivity index (χ1v) is 4.25. The fourth-order valence-corrected chi connectivity index (χ4v) is 1.48. The zero-order chi connectivity index (χ0) is 10.0. The molecule has 0 aliphatic carbocycles. The molecule has 0 atom stereocenters. The number of anilines is 1. The van der Waals surface area contributed by atoms with E-state index in [0.717, 1.165) is 0 Å². The van der Waals surface area contributed by atoms with Gasteiger partial charge in [0.05, 0.1) is 5.56 Å². The summed E-state index contributed by atoms with van der Waals surface area (Å²) in [6, 6.07) is 3.07. The van der Waals surface area contributed by atoms with Gasteiger partial charge in [-0.05, 0) is 24.1 Å². The fraction of sp³-hybridized carbons (Fsp3) is 0.222. The summed E-state index contributed by atoms with van der Waals surface area (Å²) in [4.78, 5) is 10.8. The van der Waals surface area contributed by atoms with Gasteiger partial charge < -0.3 is 10.8 Å². The lowest BCUT2D eigenvalue weighted by atomic mass is 10.0. The molecule has 70 valence electrons. The monoisotopic (exact) mass is 199 g/mol. The number of carbonyl (C=O) groups is 1. The second-order valence-corrected chi connectivity index (χ2v) is 3.12. The predicted octanol–water partition coefficient (Wildman–Crippen LogP) is 2.18. The van der Waals surface area contributed by atoms with Gasteiger partial charge in [-0.1, -0.05) is 18.5 Å². The molecule has 0 saturated carbocycles. The molecule has 0 aliphatic rings. The molecule has 1 rings (SSSR count). The molecule has 4 heteroatoms. The van der Waals surface area contributed by atoms with Crippen LogP contribution < -0.4 is 5.73 Å². The van der Waals surface area contributed by atoms with Gasteiger partial charge in [0.2, 0.25) is 0 Å². The Morgan fingerprint density at radius 1 is 1.62 bits per heavy atom. The summed E-state index contributed by atoms with van der Waals surface area (Å²) in [5, 5.41) is 9.32. The molecule has 13 heavy (non-hydrogen) atoms. The van der Waals surface area contributed by atoms with Crippen molar-refractivity contribution in [3.63, 3.8) is 0 Å². The van der Waals surface area contributed by atoms with Gasteiger partial charge in [0, 0.05) is 10.7 Å². The van der Waals surface area contributed by atoms with Gasteiger partial charge in [-0.15, -0.1) is 0 Å². The number of halogens is 1. The van der Waals surface area contributed by atoms with Crippen LogP contribution in [0.4, 0.5) is 5.69 Å². The third-order valence-electron chi connectivity index (χ3n) is 1.81. The van der Waals surface area contributed by atoms with Crippen LogP contribution in [-0.2, 0) is 6.42 Å². The number of nitrogens with two attached hydrogens (primary N) is 1. The van der Waals surface area contributed by atoms with Crippen molar-refractivity contribution in [1.29, 1.82) is 0 Å². The molecule has 0 radical (unpaired) electrons. The van der Waals surface area contributed by atoms with E-state index < -0.39 is 5.97 Å². The maximum Gasteiger partial charge on any atom is 0.338 e. The molecule has 0 saturated heterocycles. The number of carboxylic acids is 1. The molecule has 0 heterocycles. The summed E-state index contributed by atoms with van der Waals surface area (Å²) in [6.45, 7) is 1.86. The normalized spacial score (nSPS) is 10.0. The number of benzene rings is 1. The summed E-state index contributed by atoms with van der Waals surface area (Å²) in [6.07, 6.45) is 0.604. The summed E-state index contributed by atoms with van der Waals surface area (Å²) >= 11 is 5.73. The first-order valence-electron chi connectivity index (χ1n) is 3.87. The third-order valence-corrected chi connectivity index (χ3v) is 2.03. The topological polar surface area (TPSA) is 63.3 Å². The lowest BCUT2D eigenvalue weighted by molar-refractivity contribution is 0.0697. The molecule has 0 amide bonds. The van der Waals surface area contributed by atoms with Crippen molar-refractivity contribution < 1.29 is 9.90 Å². The highest BCUT2D eigenvalue weighted by atomic mass is 35.5. The highest BCUT2D eigenvalue weighted by Gasteiger charge is 2.13. The Kier molecular flexibility index (Phi) is 2.78. The average molecular weight is 200 g/mol. The first-order chi connectivity index (χ1) is 6.06. The smallest absolute Gasteiger partial charge is 0.338 e. The van der Waals surface area contributed by atoms with Crippen molar-refractivity contribution in [2.75, 3.05) is 5.73 Å². The predicted molar refractivity (Wildman–Crippen MR) is 52.2 cm³/mol. The van der Waals surface area contributed by atoms with E-state index in [2.05, 4.69) is 0 Å². The number of aryl methyl sites for hydroxylation is 1. The molecular weight excluding hydrogens is 190 g/mol. The van der Waals surface area contributed by atoms with Gasteiger partial charge in [0.1, 0.15) is 0 Å². The largest absolute Gasteiger partial charge is 0.478 e. The van der Waals surface area contributed by atoms with Crippen LogP contribution in [0.2, 0.25) is 5.02 Å². The molecule has 3 nitrogen and oxygen atoms in total. The second-order valence-electron chi connectivity index (χ2n) is 2.69. The third kappa shape index (κ3) is 1.92. The number of rotatable bonds is 2. The van der Waals surface area contributed by atoms with E-state index >= 15 is 0 Å². The quantitative estimate of drug-likeness (QED) is 0.718. The molecule has 1 aromatic rings. The average Bonchev–Trinajstić information content (AvgIpc) is 2.01. The SMILES string of the molecule is CCc1cc(Cl)cc(N)c1C(=O)O. The van der Waals surface area contributed by atoms with Crippen LogP contribution in [0.25, 0.3) is 0 Å². The highest BCUT2D eigenvalue weighted by molar-refractivity contribution is 6.31. The van der Waals surface area contributed by atoms with E-state index in [1.54, 1.807) is 6.07 Å². The highest BCUT2D eigenvalue weighted by Crippen LogP contribution is 2.23. The number of hydrogen-bond donors (Lipinski definition) is 2. The Morgan fingerprint density at radius 2 is 2.23 bits per heavy atom. The number of hydrogen-bond acceptors (Lipinski definition) is 2. The fourth-order valence-electron chi connectivity index (χ4n) is 1.23. The minimum Gasteiger partial charge on any atom is -0.478 e. The Bertz CT molecular complexity index is 350. The van der Waals surface area contributed by atoms with E-state index in [9.17, 15) is 4.79 Å². The van der Waals surface area contributed by atoms with E-state index in [-0.39, 0.29) is 11.3 Å². The molecular formula is C9H10ClNO2. The molecule has 0 aromatic heterocycles.